The highest BCUT2D eigenvalue weighted by Gasteiger charge is 2.41. The van der Waals surface area contributed by atoms with Crippen LogP contribution in [0.15, 0.2) is 30.5 Å². The maximum atomic E-state index is 13.6. The maximum absolute atomic E-state index is 13.6. The van der Waals surface area contributed by atoms with Crippen LogP contribution < -0.4 is 5.32 Å². The van der Waals surface area contributed by atoms with Gasteiger partial charge in [-0.05, 0) is 18.6 Å². The van der Waals surface area contributed by atoms with E-state index in [-0.39, 0.29) is 5.69 Å². The third-order valence-electron chi connectivity index (χ3n) is 3.56. The van der Waals surface area contributed by atoms with Gasteiger partial charge in [-0.1, -0.05) is 18.2 Å². The summed E-state index contributed by atoms with van der Waals surface area (Å²) in [5, 5.41) is 14.7. The van der Waals surface area contributed by atoms with Gasteiger partial charge in [0.1, 0.15) is 0 Å². The molecule has 1 atom stereocenters. The van der Waals surface area contributed by atoms with Crippen molar-refractivity contribution < 1.29 is 32.6 Å². The van der Waals surface area contributed by atoms with Gasteiger partial charge in [-0.25, -0.2) is 9.48 Å². The number of hydrogen-bond donors (Lipinski definition) is 2. The van der Waals surface area contributed by atoms with Gasteiger partial charge < -0.3 is 15.2 Å². The van der Waals surface area contributed by atoms with Crippen molar-refractivity contribution in [1.82, 2.24) is 15.1 Å². The second-order valence-corrected chi connectivity index (χ2v) is 5.42. The first kappa shape index (κ1) is 19.4. The number of nitrogens with zero attached hydrogens (tertiary/aromatic N) is 2. The number of carboxylic acid groups (broad SMARTS) is 1. The highest BCUT2D eigenvalue weighted by molar-refractivity contribution is 5.97. The number of amides is 1. The number of carbonyl (C=O) groups excluding carboxylic acids is 1. The normalized spacial score (nSPS) is 12.7. The van der Waals surface area contributed by atoms with Crippen molar-refractivity contribution in [2.75, 3.05) is 13.7 Å². The van der Waals surface area contributed by atoms with E-state index in [1.807, 2.05) is 5.32 Å². The van der Waals surface area contributed by atoms with Crippen molar-refractivity contribution in [1.29, 1.82) is 0 Å². The SMILES string of the molecule is COCC(NC(=O)c1cnn(-c2ccccc2C)c1C(F)(F)F)C(=O)O. The van der Waals surface area contributed by atoms with Gasteiger partial charge in [0, 0.05) is 7.11 Å². The summed E-state index contributed by atoms with van der Waals surface area (Å²) in [6.07, 6.45) is -4.12. The standard InChI is InChI=1S/C16H16F3N3O4/c1-9-5-3-4-6-12(9)22-13(16(17,18)19)10(7-20-22)14(23)21-11(8-26-2)15(24)25/h3-7,11H,8H2,1-2H3,(H,21,23)(H,24,25). The molecule has 0 saturated heterocycles. The van der Waals surface area contributed by atoms with Crippen LogP contribution in [0.4, 0.5) is 13.2 Å². The third-order valence-corrected chi connectivity index (χ3v) is 3.56. The highest BCUT2D eigenvalue weighted by atomic mass is 19.4. The van der Waals surface area contributed by atoms with E-state index >= 15 is 0 Å². The minimum Gasteiger partial charge on any atom is -0.480 e. The number of methoxy groups -OCH3 is 1. The van der Waals surface area contributed by atoms with Crippen LogP contribution in [-0.4, -0.2) is 46.5 Å². The molecule has 0 aliphatic heterocycles. The van der Waals surface area contributed by atoms with E-state index in [1.54, 1.807) is 25.1 Å². The molecule has 1 aromatic heterocycles. The summed E-state index contributed by atoms with van der Waals surface area (Å²) in [5.74, 6) is -2.64. The Morgan fingerprint density at radius 3 is 2.54 bits per heavy atom. The van der Waals surface area contributed by atoms with Crippen molar-refractivity contribution >= 4 is 11.9 Å². The van der Waals surface area contributed by atoms with Crippen LogP contribution in [0.1, 0.15) is 21.6 Å². The number of ether oxygens (including phenoxy) is 1. The molecule has 1 heterocycles. The maximum Gasteiger partial charge on any atom is 0.434 e. The van der Waals surface area contributed by atoms with Crippen molar-refractivity contribution in [2.45, 2.75) is 19.1 Å². The van der Waals surface area contributed by atoms with Gasteiger partial charge in [-0.2, -0.15) is 18.3 Å². The first-order valence-electron chi connectivity index (χ1n) is 7.40. The molecule has 0 saturated carbocycles. The number of rotatable bonds is 6. The molecule has 140 valence electrons. The van der Waals surface area contributed by atoms with Gasteiger partial charge in [-0.15, -0.1) is 0 Å². The molecule has 1 aromatic carbocycles. The summed E-state index contributed by atoms with van der Waals surface area (Å²) in [5.41, 5.74) is -1.38. The first-order valence-corrected chi connectivity index (χ1v) is 7.40. The van der Waals surface area contributed by atoms with Crippen LogP contribution in [0.3, 0.4) is 0 Å². The predicted molar refractivity (Wildman–Crippen MR) is 84.1 cm³/mol. The lowest BCUT2D eigenvalue weighted by Gasteiger charge is -2.16. The van der Waals surface area contributed by atoms with Gasteiger partial charge >= 0.3 is 12.1 Å². The number of carboxylic acids is 1. The number of nitrogens with one attached hydrogen (secondary N) is 1. The smallest absolute Gasteiger partial charge is 0.434 e. The number of hydrogen-bond acceptors (Lipinski definition) is 4. The van der Waals surface area contributed by atoms with E-state index in [0.29, 0.717) is 10.2 Å². The number of para-hydroxylation sites is 1. The second-order valence-electron chi connectivity index (χ2n) is 5.42. The number of halogens is 3. The summed E-state index contributed by atoms with van der Waals surface area (Å²) in [6.45, 7) is 1.21. The van der Waals surface area contributed by atoms with Gasteiger partial charge in [0.15, 0.2) is 11.7 Å². The fraction of sp³-hybridized carbons (Fsp3) is 0.312. The van der Waals surface area contributed by atoms with Crippen molar-refractivity contribution in [3.8, 4) is 5.69 Å². The van der Waals surface area contributed by atoms with Crippen LogP contribution in [0.2, 0.25) is 0 Å². The Morgan fingerprint density at radius 2 is 2.00 bits per heavy atom. The molecule has 0 aliphatic rings. The van der Waals surface area contributed by atoms with Gasteiger partial charge in [-0.3, -0.25) is 4.79 Å². The Labute approximate surface area is 146 Å². The lowest BCUT2D eigenvalue weighted by atomic mass is 10.1. The average Bonchev–Trinajstić information content (AvgIpc) is 3.00. The molecule has 0 aliphatic carbocycles. The summed E-state index contributed by atoms with van der Waals surface area (Å²) in [7, 11) is 1.21. The van der Waals surface area contributed by atoms with E-state index in [9.17, 15) is 22.8 Å². The van der Waals surface area contributed by atoms with Gasteiger partial charge in [0.05, 0.1) is 24.1 Å². The number of alkyl halides is 3. The monoisotopic (exact) mass is 371 g/mol. The Balaban J connectivity index is 2.49. The Bertz CT molecular complexity index is 817. The summed E-state index contributed by atoms with van der Waals surface area (Å²) < 4.78 is 46.0. The molecule has 0 spiro atoms. The number of carbonyl (C=O) groups is 2. The minimum atomic E-state index is -4.88. The number of benzene rings is 1. The Hall–Kier alpha value is -2.88. The molecule has 1 amide bonds. The van der Waals surface area contributed by atoms with E-state index < -0.39 is 42.0 Å². The first-order chi connectivity index (χ1) is 12.2. The number of aromatic nitrogens is 2. The largest absolute Gasteiger partial charge is 0.480 e. The second kappa shape index (κ2) is 7.56. The highest BCUT2D eigenvalue weighted by Crippen LogP contribution is 2.34. The fourth-order valence-corrected chi connectivity index (χ4v) is 2.35. The molecule has 2 aromatic rings. The van der Waals surface area contributed by atoms with Gasteiger partial charge in [0.25, 0.3) is 5.91 Å². The molecule has 1 unspecified atom stereocenters. The number of aliphatic carboxylic acids is 1. The molecule has 26 heavy (non-hydrogen) atoms. The molecule has 0 bridgehead atoms. The quantitative estimate of drug-likeness (QED) is 0.811. The van der Waals surface area contributed by atoms with E-state index in [1.165, 1.54) is 13.2 Å². The Kier molecular flexibility index (Phi) is 5.66. The van der Waals surface area contributed by atoms with Crippen molar-refractivity contribution in [3.05, 3.63) is 47.3 Å². The minimum absolute atomic E-state index is 0.158. The van der Waals surface area contributed by atoms with Crippen molar-refractivity contribution in [2.24, 2.45) is 0 Å². The van der Waals surface area contributed by atoms with Crippen LogP contribution >= 0.6 is 0 Å². The topological polar surface area (TPSA) is 93.5 Å². The molecule has 0 fully saturated rings. The molecule has 7 nitrogen and oxygen atoms in total. The zero-order valence-electron chi connectivity index (χ0n) is 13.9. The lowest BCUT2D eigenvalue weighted by molar-refractivity contribution is -0.143. The lowest BCUT2D eigenvalue weighted by Crippen LogP contribution is -2.44. The van der Waals surface area contributed by atoms with Crippen LogP contribution in [-0.2, 0) is 15.7 Å². The molecule has 0 radical (unpaired) electrons. The van der Waals surface area contributed by atoms with Gasteiger partial charge in [0.2, 0.25) is 0 Å². The van der Waals surface area contributed by atoms with Crippen LogP contribution in [0.5, 0.6) is 0 Å². The summed E-state index contributed by atoms with van der Waals surface area (Å²) >= 11 is 0. The molecule has 10 heteroatoms. The van der Waals surface area contributed by atoms with Crippen molar-refractivity contribution in [3.63, 3.8) is 0 Å². The molecule has 2 rings (SSSR count). The fourth-order valence-electron chi connectivity index (χ4n) is 2.35. The summed E-state index contributed by atoms with van der Waals surface area (Å²) in [6, 6.07) is 4.75. The van der Waals surface area contributed by atoms with Crippen LogP contribution in [0, 0.1) is 6.92 Å². The summed E-state index contributed by atoms with van der Waals surface area (Å²) in [4.78, 5) is 23.3. The Morgan fingerprint density at radius 1 is 1.35 bits per heavy atom. The average molecular weight is 371 g/mol. The zero-order chi connectivity index (χ0) is 19.5. The van der Waals surface area contributed by atoms with Crippen LogP contribution in [0.25, 0.3) is 5.69 Å². The zero-order valence-corrected chi connectivity index (χ0v) is 13.9. The molecular formula is C16H16F3N3O4. The van der Waals surface area contributed by atoms with E-state index in [0.717, 1.165) is 6.20 Å². The predicted octanol–water partition coefficient (Wildman–Crippen LogP) is 2.03. The number of aryl methyl sites for hydroxylation is 1. The molecule has 2 N–H and O–H groups in total. The van der Waals surface area contributed by atoms with E-state index in [2.05, 4.69) is 9.84 Å². The molecular weight excluding hydrogens is 355 g/mol. The van der Waals surface area contributed by atoms with E-state index in [4.69, 9.17) is 5.11 Å². The third kappa shape index (κ3) is 4.02.